The molecule has 1 aliphatic heterocycles. The smallest absolute Gasteiger partial charge is 0.319 e. The first kappa shape index (κ1) is 31.8. The highest BCUT2D eigenvalue weighted by molar-refractivity contribution is 7.00. The summed E-state index contributed by atoms with van der Waals surface area (Å²) in [5.41, 5.74) is 1.98. The number of nitrogens with one attached hydrogen (secondary N) is 1. The minimum atomic E-state index is -3.06. The number of nitrogens with zero attached hydrogens (tertiary/aromatic N) is 3. The Bertz CT molecular complexity index is 1830. The lowest BCUT2D eigenvalue weighted by Gasteiger charge is -2.43. The van der Waals surface area contributed by atoms with Crippen LogP contribution >= 0.6 is 11.6 Å². The maximum atomic E-state index is 16.4. The maximum absolute atomic E-state index is 16.4. The van der Waals surface area contributed by atoms with Crippen LogP contribution in [0.15, 0.2) is 91.0 Å². The van der Waals surface area contributed by atoms with E-state index in [1.165, 1.54) is 18.9 Å². The van der Waals surface area contributed by atoms with Crippen LogP contribution in [0.3, 0.4) is 0 Å². The Kier molecular flexibility index (Phi) is 8.81. The average Bonchev–Trinajstić information content (AvgIpc) is 3.62. The van der Waals surface area contributed by atoms with Gasteiger partial charge in [0.1, 0.15) is 11.6 Å². The predicted octanol–water partition coefficient (Wildman–Crippen LogP) is 8.10. The number of benzene rings is 4. The Balaban J connectivity index is 1.45. The van der Waals surface area contributed by atoms with Crippen LogP contribution in [-0.4, -0.2) is 44.7 Å². The Hall–Kier alpha value is -3.78. The summed E-state index contributed by atoms with van der Waals surface area (Å²) in [7, 11) is -3.06. The first-order chi connectivity index (χ1) is 22.8. The fourth-order valence-electron chi connectivity index (χ4n) is 7.65. The van der Waals surface area contributed by atoms with E-state index in [9.17, 15) is 0 Å². The number of fused-ring (bicyclic) bond motifs is 1. The molecule has 1 aromatic heterocycles. The molecule has 1 saturated heterocycles. The molecule has 0 atom stereocenters. The zero-order valence-corrected chi connectivity index (χ0v) is 29.2. The molecule has 8 heteroatoms. The van der Waals surface area contributed by atoms with E-state index < -0.39 is 8.32 Å². The molecule has 4 aromatic carbocycles. The number of halogens is 2. The van der Waals surface area contributed by atoms with Crippen LogP contribution in [-0.2, 0) is 0 Å². The SMILES string of the molecule is CC(C)(C)[Si](Oc1cccc(F)c1-c1cc2c(C3CCCC3)nnc(N3CCNCC3)c2cc1Cl)(c1ccccc1)c1ccccc1. The van der Waals surface area contributed by atoms with Gasteiger partial charge in [0.15, 0.2) is 5.82 Å². The van der Waals surface area contributed by atoms with Gasteiger partial charge in [-0.05, 0) is 52.5 Å². The van der Waals surface area contributed by atoms with Gasteiger partial charge >= 0.3 is 8.32 Å². The molecule has 2 fully saturated rings. The van der Waals surface area contributed by atoms with E-state index in [0.29, 0.717) is 27.8 Å². The van der Waals surface area contributed by atoms with Gasteiger partial charge in [0.2, 0.25) is 0 Å². The summed E-state index contributed by atoms with van der Waals surface area (Å²) < 4.78 is 23.8. The van der Waals surface area contributed by atoms with Crippen LogP contribution in [0.2, 0.25) is 10.1 Å². The number of hydrogen-bond acceptors (Lipinski definition) is 5. The third kappa shape index (κ3) is 5.83. The van der Waals surface area contributed by atoms with Crippen molar-refractivity contribution in [2.24, 2.45) is 0 Å². The van der Waals surface area contributed by atoms with Gasteiger partial charge in [-0.1, -0.05) is 112 Å². The summed E-state index contributed by atoms with van der Waals surface area (Å²) in [5, 5.41) is 17.5. The normalized spacial score (nSPS) is 16.1. The minimum Gasteiger partial charge on any atom is -0.533 e. The molecule has 1 aliphatic carbocycles. The lowest BCUT2D eigenvalue weighted by molar-refractivity contribution is 0.504. The molecule has 0 spiro atoms. The second-order valence-electron chi connectivity index (χ2n) is 13.9. The van der Waals surface area contributed by atoms with E-state index in [1.807, 2.05) is 24.3 Å². The van der Waals surface area contributed by atoms with Crippen molar-refractivity contribution in [1.82, 2.24) is 15.5 Å². The van der Waals surface area contributed by atoms with E-state index in [1.54, 1.807) is 6.07 Å². The van der Waals surface area contributed by atoms with E-state index in [0.717, 1.165) is 71.7 Å². The quantitative estimate of drug-likeness (QED) is 0.178. The summed E-state index contributed by atoms with van der Waals surface area (Å²) >= 11 is 7.21. The number of rotatable bonds is 7. The number of hydrogen-bond donors (Lipinski definition) is 1. The van der Waals surface area contributed by atoms with Gasteiger partial charge in [0, 0.05) is 53.5 Å². The molecular formula is C39H42ClFN4OSi. The number of aromatic nitrogens is 2. The molecule has 0 amide bonds. The third-order valence-corrected chi connectivity index (χ3v) is 15.2. The van der Waals surface area contributed by atoms with Crippen LogP contribution in [0.25, 0.3) is 21.9 Å². The first-order valence-electron chi connectivity index (χ1n) is 16.8. The van der Waals surface area contributed by atoms with Gasteiger partial charge in [-0.25, -0.2) is 4.39 Å². The second kappa shape index (κ2) is 13.0. The summed E-state index contributed by atoms with van der Waals surface area (Å²) in [6.07, 6.45) is 4.52. The van der Waals surface area contributed by atoms with Crippen molar-refractivity contribution >= 4 is 46.9 Å². The van der Waals surface area contributed by atoms with E-state index in [4.69, 9.17) is 26.2 Å². The molecule has 0 unspecified atom stereocenters. The Morgan fingerprint density at radius 2 is 1.47 bits per heavy atom. The lowest BCUT2D eigenvalue weighted by Crippen LogP contribution is -2.68. The number of piperazine rings is 1. The molecule has 7 rings (SSSR count). The van der Waals surface area contributed by atoms with Gasteiger partial charge in [0.05, 0.1) is 11.3 Å². The average molecular weight is 665 g/mol. The topological polar surface area (TPSA) is 50.3 Å². The van der Waals surface area contributed by atoms with Crippen LogP contribution < -0.4 is 25.0 Å². The van der Waals surface area contributed by atoms with E-state index in [2.05, 4.69) is 85.6 Å². The maximum Gasteiger partial charge on any atom is 0.319 e. The van der Waals surface area contributed by atoms with Gasteiger partial charge < -0.3 is 14.6 Å². The third-order valence-electron chi connectivity index (χ3n) is 9.96. The zero-order chi connectivity index (χ0) is 32.6. The van der Waals surface area contributed by atoms with Gasteiger partial charge in [-0.15, -0.1) is 5.10 Å². The largest absolute Gasteiger partial charge is 0.533 e. The molecule has 242 valence electrons. The molecular weight excluding hydrogens is 623 g/mol. The standard InChI is InChI=1S/C39H42ClFN4OSi/c1-39(2,3)47(28-15-6-4-7-16-28,29-17-8-5-9-18-29)46-35-20-12-19-34(41)36(35)32-25-30-31(26-33(32)40)38(45-23-21-42-22-24-45)44-43-37(30)27-13-10-11-14-27/h4-9,12,15-20,25-27,42H,10-11,13-14,21-24H2,1-3H3. The fourth-order valence-corrected chi connectivity index (χ4v) is 12.3. The first-order valence-corrected chi connectivity index (χ1v) is 19.1. The molecule has 47 heavy (non-hydrogen) atoms. The summed E-state index contributed by atoms with van der Waals surface area (Å²) in [4.78, 5) is 2.28. The summed E-state index contributed by atoms with van der Waals surface area (Å²) in [6.45, 7) is 10.1. The summed E-state index contributed by atoms with van der Waals surface area (Å²) in [6, 6.07) is 30.1. The van der Waals surface area contributed by atoms with Crippen LogP contribution in [0.4, 0.5) is 10.2 Å². The second-order valence-corrected chi connectivity index (χ2v) is 18.5. The lowest BCUT2D eigenvalue weighted by atomic mass is 9.94. The van der Waals surface area contributed by atoms with Crippen molar-refractivity contribution < 1.29 is 8.82 Å². The Morgan fingerprint density at radius 3 is 2.09 bits per heavy atom. The summed E-state index contributed by atoms with van der Waals surface area (Å²) in [5.74, 6) is 1.29. The molecule has 5 nitrogen and oxygen atoms in total. The van der Waals surface area contributed by atoms with E-state index >= 15 is 4.39 Å². The Morgan fingerprint density at radius 1 is 0.830 bits per heavy atom. The van der Waals surface area contributed by atoms with Crippen LogP contribution in [0.5, 0.6) is 5.75 Å². The molecule has 2 aliphatic rings. The fraction of sp³-hybridized carbons (Fsp3) is 0.333. The molecule has 0 radical (unpaired) electrons. The van der Waals surface area contributed by atoms with Gasteiger partial charge in [-0.3, -0.25) is 0 Å². The molecule has 1 saturated carbocycles. The van der Waals surface area contributed by atoms with Crippen molar-refractivity contribution in [3.8, 4) is 16.9 Å². The van der Waals surface area contributed by atoms with Gasteiger partial charge in [-0.2, -0.15) is 5.10 Å². The number of anilines is 1. The van der Waals surface area contributed by atoms with Crippen LogP contribution in [0.1, 0.15) is 58.1 Å². The van der Waals surface area contributed by atoms with Crippen molar-refractivity contribution in [1.29, 1.82) is 0 Å². The van der Waals surface area contributed by atoms with Crippen molar-refractivity contribution in [2.75, 3.05) is 31.1 Å². The molecule has 1 N–H and O–H groups in total. The molecule has 0 bridgehead atoms. The minimum absolute atomic E-state index is 0.296. The van der Waals surface area contributed by atoms with E-state index in [-0.39, 0.29) is 10.9 Å². The molecule has 5 aromatic rings. The highest BCUT2D eigenvalue weighted by atomic mass is 35.5. The monoisotopic (exact) mass is 664 g/mol. The Labute approximate surface area is 283 Å². The highest BCUT2D eigenvalue weighted by Gasteiger charge is 2.52. The van der Waals surface area contributed by atoms with Gasteiger partial charge in [0.25, 0.3) is 0 Å². The van der Waals surface area contributed by atoms with Crippen LogP contribution in [0, 0.1) is 5.82 Å². The molecule has 2 heterocycles. The zero-order valence-electron chi connectivity index (χ0n) is 27.4. The van der Waals surface area contributed by atoms with Crippen molar-refractivity contribution in [3.05, 3.63) is 108 Å². The van der Waals surface area contributed by atoms with Crippen molar-refractivity contribution in [3.63, 3.8) is 0 Å². The highest BCUT2D eigenvalue weighted by Crippen LogP contribution is 2.46. The van der Waals surface area contributed by atoms with Crippen molar-refractivity contribution in [2.45, 2.75) is 57.4 Å². The predicted molar refractivity (Wildman–Crippen MR) is 194 cm³/mol.